The van der Waals surface area contributed by atoms with Gasteiger partial charge in [-0.1, -0.05) is 30.3 Å². The van der Waals surface area contributed by atoms with E-state index in [4.69, 9.17) is 0 Å². The van der Waals surface area contributed by atoms with Crippen molar-refractivity contribution in [3.63, 3.8) is 0 Å². The normalized spacial score (nSPS) is 14.9. The summed E-state index contributed by atoms with van der Waals surface area (Å²) in [5, 5.41) is 3.32. The highest BCUT2D eigenvalue weighted by Gasteiger charge is 2.13. The number of nitrogens with one attached hydrogen (secondary N) is 1. The molecule has 1 aliphatic heterocycles. The molecule has 0 bridgehead atoms. The summed E-state index contributed by atoms with van der Waals surface area (Å²) in [6, 6.07) is 10.4. The molecule has 0 unspecified atom stereocenters. The van der Waals surface area contributed by atoms with E-state index in [1.807, 2.05) is 12.3 Å². The van der Waals surface area contributed by atoms with Gasteiger partial charge in [0.25, 0.3) is 0 Å². The minimum absolute atomic E-state index is 0.882. The van der Waals surface area contributed by atoms with Gasteiger partial charge in [0.15, 0.2) is 0 Å². The molecule has 0 fully saturated rings. The molecule has 3 nitrogen and oxygen atoms in total. The van der Waals surface area contributed by atoms with Gasteiger partial charge in [0.1, 0.15) is 5.82 Å². The van der Waals surface area contributed by atoms with Crippen LogP contribution in [-0.2, 0) is 13.1 Å². The highest BCUT2D eigenvalue weighted by molar-refractivity contribution is 5.59. The Morgan fingerprint density at radius 3 is 2.93 bits per heavy atom. The first-order valence-corrected chi connectivity index (χ1v) is 5.26. The van der Waals surface area contributed by atoms with Gasteiger partial charge in [-0.15, -0.1) is 0 Å². The second-order valence-corrected chi connectivity index (χ2v) is 3.75. The summed E-state index contributed by atoms with van der Waals surface area (Å²) >= 11 is 0. The van der Waals surface area contributed by atoms with E-state index in [1.54, 1.807) is 0 Å². The number of fused-ring (bicyclic) bond motifs is 1. The molecule has 2 aromatic rings. The molecular weight excluding hydrogens is 186 g/mol. The third-order valence-corrected chi connectivity index (χ3v) is 2.80. The van der Waals surface area contributed by atoms with E-state index >= 15 is 0 Å². The van der Waals surface area contributed by atoms with Gasteiger partial charge in [-0.2, -0.15) is 0 Å². The fourth-order valence-corrected chi connectivity index (χ4v) is 2.03. The minimum Gasteiger partial charge on any atom is -0.326 e. The molecule has 1 aliphatic rings. The lowest BCUT2D eigenvalue weighted by Gasteiger charge is -2.17. The van der Waals surface area contributed by atoms with Crippen LogP contribution in [0.2, 0.25) is 0 Å². The van der Waals surface area contributed by atoms with Crippen molar-refractivity contribution >= 4 is 0 Å². The summed E-state index contributed by atoms with van der Waals surface area (Å²) in [6.07, 6.45) is 1.97. The van der Waals surface area contributed by atoms with E-state index in [0.29, 0.717) is 0 Å². The van der Waals surface area contributed by atoms with Crippen molar-refractivity contribution in [1.82, 2.24) is 14.9 Å². The first-order valence-electron chi connectivity index (χ1n) is 5.26. The highest BCUT2D eigenvalue weighted by Crippen LogP contribution is 2.21. The Bertz CT molecular complexity index is 459. The fourth-order valence-electron chi connectivity index (χ4n) is 2.03. The number of hydrogen-bond acceptors (Lipinski definition) is 2. The Morgan fingerprint density at radius 2 is 2.07 bits per heavy atom. The number of nitrogens with zero attached hydrogens (tertiary/aromatic N) is 2. The second-order valence-electron chi connectivity index (χ2n) is 3.75. The molecule has 0 saturated carbocycles. The lowest BCUT2D eigenvalue weighted by atomic mass is 10.1. The molecule has 3 heteroatoms. The maximum Gasteiger partial charge on any atom is 0.123 e. The van der Waals surface area contributed by atoms with Crippen molar-refractivity contribution in [1.29, 1.82) is 0 Å². The zero-order valence-electron chi connectivity index (χ0n) is 8.48. The molecular formula is C12H13N3. The van der Waals surface area contributed by atoms with Crippen LogP contribution in [0.3, 0.4) is 0 Å². The van der Waals surface area contributed by atoms with Gasteiger partial charge >= 0.3 is 0 Å². The largest absolute Gasteiger partial charge is 0.326 e. The molecule has 2 heterocycles. The highest BCUT2D eigenvalue weighted by atomic mass is 15.2. The van der Waals surface area contributed by atoms with Crippen LogP contribution in [0.4, 0.5) is 0 Å². The number of benzene rings is 1. The Labute approximate surface area is 88.8 Å². The average Bonchev–Trinajstić information content (AvgIpc) is 2.74. The first kappa shape index (κ1) is 8.68. The Morgan fingerprint density at radius 1 is 1.20 bits per heavy atom. The molecule has 15 heavy (non-hydrogen) atoms. The van der Waals surface area contributed by atoms with Crippen LogP contribution in [0, 0.1) is 0 Å². The maximum atomic E-state index is 4.43. The van der Waals surface area contributed by atoms with Crippen molar-refractivity contribution in [2.24, 2.45) is 0 Å². The molecule has 0 amide bonds. The van der Waals surface area contributed by atoms with Crippen LogP contribution in [0.1, 0.15) is 5.82 Å². The van der Waals surface area contributed by atoms with Gasteiger partial charge < -0.3 is 9.88 Å². The van der Waals surface area contributed by atoms with Crippen molar-refractivity contribution in [3.05, 3.63) is 42.4 Å². The number of hydrogen-bond donors (Lipinski definition) is 1. The third kappa shape index (κ3) is 1.45. The second kappa shape index (κ2) is 3.51. The molecule has 1 N–H and O–H groups in total. The summed E-state index contributed by atoms with van der Waals surface area (Å²) in [4.78, 5) is 4.43. The molecule has 0 spiro atoms. The zero-order valence-corrected chi connectivity index (χ0v) is 8.48. The quantitative estimate of drug-likeness (QED) is 0.757. The van der Waals surface area contributed by atoms with Gasteiger partial charge in [0.05, 0.1) is 18.4 Å². The lowest BCUT2D eigenvalue weighted by Crippen LogP contribution is -2.28. The predicted octanol–water partition coefficient (Wildman–Crippen LogP) is 1.65. The van der Waals surface area contributed by atoms with Gasteiger partial charge in [-0.25, -0.2) is 4.98 Å². The van der Waals surface area contributed by atoms with Crippen LogP contribution < -0.4 is 5.32 Å². The predicted molar refractivity (Wildman–Crippen MR) is 59.4 cm³/mol. The van der Waals surface area contributed by atoms with Gasteiger partial charge in [0.2, 0.25) is 0 Å². The summed E-state index contributed by atoms with van der Waals surface area (Å²) in [7, 11) is 0. The van der Waals surface area contributed by atoms with Crippen LogP contribution in [0.5, 0.6) is 0 Å². The Balaban J connectivity index is 2.09. The summed E-state index contributed by atoms with van der Waals surface area (Å²) in [5.74, 6) is 1.14. The first-order chi connectivity index (χ1) is 7.45. The maximum absolute atomic E-state index is 4.43. The third-order valence-electron chi connectivity index (χ3n) is 2.80. The van der Waals surface area contributed by atoms with Gasteiger partial charge in [-0.3, -0.25) is 0 Å². The van der Waals surface area contributed by atoms with Crippen LogP contribution in [0.15, 0.2) is 36.5 Å². The van der Waals surface area contributed by atoms with E-state index in [2.05, 4.69) is 39.1 Å². The van der Waals surface area contributed by atoms with Crippen molar-refractivity contribution in [3.8, 4) is 11.3 Å². The topological polar surface area (TPSA) is 29.9 Å². The molecule has 0 aliphatic carbocycles. The van der Waals surface area contributed by atoms with Crippen molar-refractivity contribution in [2.75, 3.05) is 6.54 Å². The number of rotatable bonds is 1. The van der Waals surface area contributed by atoms with E-state index < -0.39 is 0 Å². The smallest absolute Gasteiger partial charge is 0.123 e. The average molecular weight is 199 g/mol. The summed E-state index contributed by atoms with van der Waals surface area (Å²) in [5.41, 5.74) is 2.48. The van der Waals surface area contributed by atoms with Crippen molar-refractivity contribution in [2.45, 2.75) is 13.1 Å². The number of aromatic nitrogens is 2. The minimum atomic E-state index is 0.882. The van der Waals surface area contributed by atoms with Gasteiger partial charge in [0, 0.05) is 13.1 Å². The Hall–Kier alpha value is -1.61. The van der Waals surface area contributed by atoms with E-state index in [9.17, 15) is 0 Å². The molecule has 76 valence electrons. The van der Waals surface area contributed by atoms with E-state index in [1.165, 1.54) is 11.3 Å². The number of imidazole rings is 1. The van der Waals surface area contributed by atoms with E-state index in [-0.39, 0.29) is 0 Å². The van der Waals surface area contributed by atoms with E-state index in [0.717, 1.165) is 25.5 Å². The SMILES string of the molecule is c1ccc(-c2cnc3n2CCNC3)cc1. The zero-order chi connectivity index (χ0) is 10.1. The molecule has 1 aromatic carbocycles. The van der Waals surface area contributed by atoms with Gasteiger partial charge in [-0.05, 0) is 5.56 Å². The van der Waals surface area contributed by atoms with Crippen LogP contribution in [0.25, 0.3) is 11.3 Å². The van der Waals surface area contributed by atoms with Crippen LogP contribution >= 0.6 is 0 Å². The van der Waals surface area contributed by atoms with Crippen molar-refractivity contribution < 1.29 is 0 Å². The Kier molecular flexibility index (Phi) is 2.03. The monoisotopic (exact) mass is 199 g/mol. The molecule has 3 rings (SSSR count). The summed E-state index contributed by atoms with van der Waals surface area (Å²) in [6.45, 7) is 2.93. The standard InChI is InChI=1S/C12H13N3/c1-2-4-10(5-3-1)11-8-14-12-9-13-6-7-15(11)12/h1-5,8,13H,6-7,9H2. The lowest BCUT2D eigenvalue weighted by molar-refractivity contribution is 0.508. The van der Waals surface area contributed by atoms with Crippen LogP contribution in [-0.4, -0.2) is 16.1 Å². The fraction of sp³-hybridized carbons (Fsp3) is 0.250. The molecule has 0 radical (unpaired) electrons. The molecule has 1 aromatic heterocycles. The molecule has 0 atom stereocenters. The molecule has 0 saturated heterocycles. The summed E-state index contributed by atoms with van der Waals surface area (Å²) < 4.78 is 2.30.